The molecule has 178 valence electrons. The normalized spacial score (nSPS) is 15.6. The molecule has 1 aliphatic heterocycles. The monoisotopic (exact) mass is 462 g/mol. The van der Waals surface area contributed by atoms with E-state index in [1.165, 1.54) is 4.68 Å². The quantitative estimate of drug-likeness (QED) is 0.554. The van der Waals surface area contributed by atoms with Crippen molar-refractivity contribution >= 4 is 11.6 Å². The van der Waals surface area contributed by atoms with Crippen LogP contribution in [0.1, 0.15) is 24.0 Å². The third kappa shape index (κ3) is 5.39. The van der Waals surface area contributed by atoms with Crippen molar-refractivity contribution in [1.82, 2.24) is 15.1 Å². The number of hydrogen-bond donors (Lipinski definition) is 1. The molecule has 1 unspecified atom stereocenters. The number of para-hydroxylation sites is 1. The minimum absolute atomic E-state index is 0.0139. The van der Waals surface area contributed by atoms with Crippen LogP contribution < -0.4 is 25.2 Å². The van der Waals surface area contributed by atoms with Gasteiger partial charge in [0.25, 0.3) is 5.56 Å². The van der Waals surface area contributed by atoms with Crippen molar-refractivity contribution in [1.29, 1.82) is 0 Å². The van der Waals surface area contributed by atoms with Crippen molar-refractivity contribution in [3.63, 3.8) is 0 Å². The maximum atomic E-state index is 12.9. The number of hydrogen-bond acceptors (Lipinski definition) is 6. The number of anilines is 1. The maximum absolute atomic E-state index is 12.9. The summed E-state index contributed by atoms with van der Waals surface area (Å²) in [5.41, 5.74) is 2.47. The molecule has 4 rings (SSSR count). The van der Waals surface area contributed by atoms with Gasteiger partial charge in [0, 0.05) is 31.3 Å². The summed E-state index contributed by atoms with van der Waals surface area (Å²) in [6.07, 6.45) is 3.38. The largest absolute Gasteiger partial charge is 0.493 e. The molecule has 1 atom stereocenters. The molecule has 2 heterocycles. The number of carbonyl (C=O) groups is 1. The average molecular weight is 463 g/mol. The third-order valence-electron chi connectivity index (χ3n) is 6.13. The number of methoxy groups -OCH3 is 2. The predicted molar refractivity (Wildman–Crippen MR) is 130 cm³/mol. The lowest BCUT2D eigenvalue weighted by Gasteiger charge is -2.33. The van der Waals surface area contributed by atoms with Gasteiger partial charge < -0.3 is 19.7 Å². The Morgan fingerprint density at radius 3 is 2.68 bits per heavy atom. The van der Waals surface area contributed by atoms with Crippen molar-refractivity contribution in [2.75, 3.05) is 32.2 Å². The summed E-state index contributed by atoms with van der Waals surface area (Å²) in [5, 5.41) is 7.40. The Kier molecular flexibility index (Phi) is 7.47. The fraction of sp³-hybridized carbons (Fsp3) is 0.346. The molecule has 0 radical (unpaired) electrons. The highest BCUT2D eigenvalue weighted by molar-refractivity contribution is 5.79. The van der Waals surface area contributed by atoms with E-state index in [0.29, 0.717) is 31.1 Å². The molecular formula is C26H30N4O4. The molecule has 1 aromatic heterocycles. The summed E-state index contributed by atoms with van der Waals surface area (Å²) < 4.78 is 12.2. The first-order valence-electron chi connectivity index (χ1n) is 11.4. The van der Waals surface area contributed by atoms with Crippen LogP contribution in [0.4, 0.5) is 5.69 Å². The van der Waals surface area contributed by atoms with E-state index in [1.54, 1.807) is 26.5 Å². The molecule has 8 nitrogen and oxygen atoms in total. The molecule has 8 heteroatoms. The number of ether oxygens (including phenoxy) is 2. The SMILES string of the molecule is COc1cccc(CNC(=O)C2CCCN(c3cnn(Cc4ccccc4)c(=O)c3)C2)c1OC. The number of rotatable bonds is 8. The summed E-state index contributed by atoms with van der Waals surface area (Å²) >= 11 is 0. The first kappa shape index (κ1) is 23.4. The molecule has 0 aliphatic carbocycles. The topological polar surface area (TPSA) is 85.7 Å². The molecular weight excluding hydrogens is 432 g/mol. The Morgan fingerprint density at radius 1 is 1.12 bits per heavy atom. The highest BCUT2D eigenvalue weighted by atomic mass is 16.5. The minimum atomic E-state index is -0.169. The molecule has 34 heavy (non-hydrogen) atoms. The Labute approximate surface area is 199 Å². The first-order chi connectivity index (χ1) is 16.6. The van der Waals surface area contributed by atoms with E-state index >= 15 is 0 Å². The highest BCUT2D eigenvalue weighted by Crippen LogP contribution is 2.30. The molecule has 1 amide bonds. The lowest BCUT2D eigenvalue weighted by Crippen LogP contribution is -2.43. The minimum Gasteiger partial charge on any atom is -0.493 e. The van der Waals surface area contributed by atoms with Gasteiger partial charge >= 0.3 is 0 Å². The van der Waals surface area contributed by atoms with Crippen LogP contribution in [0.3, 0.4) is 0 Å². The van der Waals surface area contributed by atoms with Gasteiger partial charge in [-0.3, -0.25) is 9.59 Å². The van der Waals surface area contributed by atoms with Gasteiger partial charge in [-0.1, -0.05) is 42.5 Å². The van der Waals surface area contributed by atoms with Gasteiger partial charge in [-0.05, 0) is 24.5 Å². The lowest BCUT2D eigenvalue weighted by molar-refractivity contribution is -0.125. The van der Waals surface area contributed by atoms with Gasteiger partial charge in [-0.15, -0.1) is 0 Å². The zero-order valence-corrected chi connectivity index (χ0v) is 19.6. The molecule has 1 fully saturated rings. The summed E-state index contributed by atoms with van der Waals surface area (Å²) in [4.78, 5) is 27.7. The van der Waals surface area contributed by atoms with E-state index in [4.69, 9.17) is 9.47 Å². The zero-order valence-electron chi connectivity index (χ0n) is 19.6. The average Bonchev–Trinajstić information content (AvgIpc) is 2.88. The standard InChI is InChI=1S/C26H30N4O4/c1-33-23-12-6-10-20(25(23)34-2)15-27-26(32)21-11-7-13-29(18-21)22-14-24(31)30(28-16-22)17-19-8-4-3-5-9-19/h3-6,8-10,12,14,16,21H,7,11,13,15,17-18H2,1-2H3,(H,27,32). The van der Waals surface area contributed by atoms with Crippen LogP contribution in [0.15, 0.2) is 65.6 Å². The van der Waals surface area contributed by atoms with Crippen LogP contribution in [0.25, 0.3) is 0 Å². The van der Waals surface area contributed by atoms with Gasteiger partial charge in [-0.2, -0.15) is 5.10 Å². The Morgan fingerprint density at radius 2 is 1.94 bits per heavy atom. The maximum Gasteiger partial charge on any atom is 0.269 e. The second-order valence-electron chi connectivity index (χ2n) is 8.35. The number of nitrogens with one attached hydrogen (secondary N) is 1. The Hall–Kier alpha value is -3.81. The number of piperidine rings is 1. The molecule has 2 aromatic carbocycles. The van der Waals surface area contributed by atoms with E-state index in [0.717, 1.165) is 36.2 Å². The van der Waals surface area contributed by atoms with Crippen LogP contribution in [-0.4, -0.2) is 43.0 Å². The Balaban J connectivity index is 1.39. The van der Waals surface area contributed by atoms with Crippen LogP contribution >= 0.6 is 0 Å². The molecule has 0 saturated carbocycles. The fourth-order valence-corrected chi connectivity index (χ4v) is 4.32. The van der Waals surface area contributed by atoms with E-state index < -0.39 is 0 Å². The van der Waals surface area contributed by atoms with E-state index in [-0.39, 0.29) is 17.4 Å². The molecule has 1 saturated heterocycles. The first-order valence-corrected chi connectivity index (χ1v) is 11.4. The van der Waals surface area contributed by atoms with Crippen LogP contribution in [0.2, 0.25) is 0 Å². The van der Waals surface area contributed by atoms with Crippen molar-refractivity contribution < 1.29 is 14.3 Å². The lowest BCUT2D eigenvalue weighted by atomic mass is 9.96. The van der Waals surface area contributed by atoms with Crippen LogP contribution in [0, 0.1) is 5.92 Å². The van der Waals surface area contributed by atoms with Gasteiger partial charge in [0.15, 0.2) is 11.5 Å². The highest BCUT2D eigenvalue weighted by Gasteiger charge is 2.26. The van der Waals surface area contributed by atoms with Gasteiger partial charge in [0.05, 0.1) is 38.6 Å². The number of aromatic nitrogens is 2. The van der Waals surface area contributed by atoms with Gasteiger partial charge in [0.1, 0.15) is 0 Å². The summed E-state index contributed by atoms with van der Waals surface area (Å²) in [7, 11) is 3.18. The Bertz CT molecular complexity index is 1180. The molecule has 3 aromatic rings. The number of benzene rings is 2. The van der Waals surface area contributed by atoms with Crippen LogP contribution in [-0.2, 0) is 17.9 Å². The zero-order chi connectivity index (χ0) is 23.9. The van der Waals surface area contributed by atoms with Gasteiger partial charge in [-0.25, -0.2) is 4.68 Å². The second kappa shape index (κ2) is 10.9. The van der Waals surface area contributed by atoms with Crippen LogP contribution in [0.5, 0.6) is 11.5 Å². The summed E-state index contributed by atoms with van der Waals surface area (Å²) in [5.74, 6) is 1.07. The molecule has 0 spiro atoms. The molecule has 1 aliphatic rings. The van der Waals surface area contributed by atoms with Crippen molar-refractivity contribution in [3.05, 3.63) is 82.3 Å². The summed E-state index contributed by atoms with van der Waals surface area (Å²) in [6.45, 7) is 2.12. The number of carbonyl (C=O) groups excluding carboxylic acids is 1. The van der Waals surface area contributed by atoms with E-state index in [2.05, 4.69) is 15.3 Å². The van der Waals surface area contributed by atoms with Crippen molar-refractivity contribution in [3.8, 4) is 11.5 Å². The van der Waals surface area contributed by atoms with Crippen molar-refractivity contribution in [2.24, 2.45) is 5.92 Å². The molecule has 0 bridgehead atoms. The predicted octanol–water partition coefficient (Wildman–Crippen LogP) is 2.84. The number of amides is 1. The van der Waals surface area contributed by atoms with E-state index in [1.807, 2.05) is 48.5 Å². The molecule has 1 N–H and O–H groups in total. The fourth-order valence-electron chi connectivity index (χ4n) is 4.32. The number of nitrogens with zero attached hydrogens (tertiary/aromatic N) is 3. The third-order valence-corrected chi connectivity index (χ3v) is 6.13. The smallest absolute Gasteiger partial charge is 0.269 e. The van der Waals surface area contributed by atoms with E-state index in [9.17, 15) is 9.59 Å². The van der Waals surface area contributed by atoms with Crippen molar-refractivity contribution in [2.45, 2.75) is 25.9 Å². The van der Waals surface area contributed by atoms with Gasteiger partial charge in [0.2, 0.25) is 5.91 Å². The summed E-state index contributed by atoms with van der Waals surface area (Å²) in [6, 6.07) is 17.0. The second-order valence-corrected chi connectivity index (χ2v) is 8.35.